The highest BCUT2D eigenvalue weighted by atomic mass is 32.2. The molecule has 0 bridgehead atoms. The van der Waals surface area contributed by atoms with Gasteiger partial charge in [-0.3, -0.25) is 10.1 Å². The van der Waals surface area contributed by atoms with Crippen molar-refractivity contribution in [3.8, 4) is 16.9 Å². The Morgan fingerprint density at radius 2 is 1.64 bits per heavy atom. The third kappa shape index (κ3) is 7.91. The minimum atomic E-state index is -3.65. The molecule has 1 atom stereocenters. The van der Waals surface area contributed by atoms with Gasteiger partial charge in [0.05, 0.1) is 6.26 Å². The van der Waals surface area contributed by atoms with E-state index in [4.69, 9.17) is 4.74 Å². The summed E-state index contributed by atoms with van der Waals surface area (Å²) in [5.74, 6) is 0.367. The van der Waals surface area contributed by atoms with E-state index in [0.29, 0.717) is 30.9 Å². The molecule has 7 nitrogen and oxygen atoms in total. The molecule has 3 aromatic carbocycles. The van der Waals surface area contributed by atoms with Gasteiger partial charge < -0.3 is 9.84 Å². The van der Waals surface area contributed by atoms with Crippen LogP contribution in [0.25, 0.3) is 11.1 Å². The summed E-state index contributed by atoms with van der Waals surface area (Å²) in [6, 6.07) is 22.4. The second kappa shape index (κ2) is 11.7. The summed E-state index contributed by atoms with van der Waals surface area (Å²) in [6.07, 6.45) is 1.61. The second-order valence-electron chi connectivity index (χ2n) is 9.41. The maximum atomic E-state index is 12.5. The fraction of sp³-hybridized carbons (Fsp3) is 0.321. The average molecular weight is 511 g/mol. The zero-order valence-corrected chi connectivity index (χ0v) is 21.9. The van der Waals surface area contributed by atoms with Gasteiger partial charge in [-0.05, 0) is 59.7 Å². The van der Waals surface area contributed by atoms with Crippen LogP contribution in [0.2, 0.25) is 0 Å². The van der Waals surface area contributed by atoms with Crippen LogP contribution in [0.1, 0.15) is 42.3 Å². The molecule has 0 aromatic heterocycles. The average Bonchev–Trinajstić information content (AvgIpc) is 2.81. The molecule has 3 N–H and O–H groups in total. The Morgan fingerprint density at radius 3 is 2.25 bits per heavy atom. The van der Waals surface area contributed by atoms with Gasteiger partial charge in [-0.1, -0.05) is 68.4 Å². The van der Waals surface area contributed by atoms with Gasteiger partial charge >= 0.3 is 0 Å². The van der Waals surface area contributed by atoms with Gasteiger partial charge in [0, 0.05) is 12.1 Å². The quantitative estimate of drug-likeness (QED) is 0.265. The molecule has 36 heavy (non-hydrogen) atoms. The number of rotatable bonds is 11. The fourth-order valence-corrected chi connectivity index (χ4v) is 4.35. The Labute approximate surface area is 213 Å². The van der Waals surface area contributed by atoms with Crippen LogP contribution >= 0.6 is 0 Å². The number of amides is 1. The van der Waals surface area contributed by atoms with E-state index in [9.17, 15) is 18.3 Å². The molecule has 0 aliphatic heterocycles. The Hall–Kier alpha value is -3.20. The number of carbonyl (C=O) groups excluding carboxylic acids is 1. The topological polar surface area (TPSA) is 105 Å². The van der Waals surface area contributed by atoms with Crippen molar-refractivity contribution < 1.29 is 23.1 Å². The first-order chi connectivity index (χ1) is 16.9. The molecule has 0 aliphatic carbocycles. The van der Waals surface area contributed by atoms with Crippen molar-refractivity contribution in [2.75, 3.05) is 19.4 Å². The normalized spacial score (nSPS) is 13.3. The minimum absolute atomic E-state index is 0.289. The van der Waals surface area contributed by atoms with E-state index in [-0.39, 0.29) is 5.92 Å². The summed E-state index contributed by atoms with van der Waals surface area (Å²) in [7, 11) is -3.65. The van der Waals surface area contributed by atoms with Crippen molar-refractivity contribution in [2.45, 2.75) is 32.9 Å². The van der Waals surface area contributed by atoms with E-state index in [1.165, 1.54) is 0 Å². The van der Waals surface area contributed by atoms with Crippen molar-refractivity contribution in [1.29, 1.82) is 0 Å². The predicted octanol–water partition coefficient (Wildman–Crippen LogP) is 4.08. The van der Waals surface area contributed by atoms with Crippen LogP contribution in [0.4, 0.5) is 0 Å². The molecule has 0 saturated heterocycles. The number of carbonyl (C=O) groups is 1. The number of hydrogen-bond donors (Lipinski definition) is 3. The lowest BCUT2D eigenvalue weighted by atomic mass is 9.93. The van der Waals surface area contributed by atoms with Crippen LogP contribution < -0.4 is 14.8 Å². The Bertz CT molecular complexity index is 1270. The van der Waals surface area contributed by atoms with Gasteiger partial charge in [0.1, 0.15) is 18.1 Å². The molecule has 192 valence electrons. The number of benzene rings is 3. The van der Waals surface area contributed by atoms with E-state index in [1.807, 2.05) is 80.6 Å². The summed E-state index contributed by atoms with van der Waals surface area (Å²) >= 11 is 0. The van der Waals surface area contributed by atoms with Gasteiger partial charge in [-0.15, -0.1) is 0 Å². The van der Waals surface area contributed by atoms with E-state index >= 15 is 0 Å². The number of hydrogen-bond acceptors (Lipinski definition) is 6. The third-order valence-corrected chi connectivity index (χ3v) is 6.18. The molecule has 1 amide bonds. The van der Waals surface area contributed by atoms with E-state index in [0.717, 1.165) is 28.5 Å². The van der Waals surface area contributed by atoms with Crippen LogP contribution in [-0.2, 0) is 22.2 Å². The van der Waals surface area contributed by atoms with Crippen molar-refractivity contribution in [1.82, 2.24) is 10.0 Å². The SMILES string of the molecule is CC(C)Cc1cc(-c2ccc(OCCN[C@@](C)(O)c3ccccc3)cc2)ccc1C(=O)NS(C)(=O)=O. The van der Waals surface area contributed by atoms with Crippen LogP contribution in [0.3, 0.4) is 0 Å². The van der Waals surface area contributed by atoms with E-state index in [1.54, 1.807) is 13.0 Å². The van der Waals surface area contributed by atoms with Gasteiger partial charge in [0.2, 0.25) is 10.0 Å². The second-order valence-corrected chi connectivity index (χ2v) is 11.2. The summed E-state index contributed by atoms with van der Waals surface area (Å²) in [5.41, 5.74) is 2.66. The Kier molecular flexibility index (Phi) is 8.89. The molecule has 0 heterocycles. The van der Waals surface area contributed by atoms with Crippen LogP contribution in [0, 0.1) is 5.92 Å². The molecule has 0 fully saturated rings. The zero-order chi connectivity index (χ0) is 26.3. The first-order valence-corrected chi connectivity index (χ1v) is 13.7. The lowest BCUT2D eigenvalue weighted by Crippen LogP contribution is -2.41. The molecular weight excluding hydrogens is 476 g/mol. The van der Waals surface area contributed by atoms with Crippen LogP contribution in [-0.4, -0.2) is 38.8 Å². The van der Waals surface area contributed by atoms with Crippen molar-refractivity contribution in [3.05, 3.63) is 89.5 Å². The third-order valence-electron chi connectivity index (χ3n) is 5.62. The molecule has 0 spiro atoms. The van der Waals surface area contributed by atoms with Gasteiger partial charge in [0.15, 0.2) is 0 Å². The number of nitrogens with one attached hydrogen (secondary N) is 2. The first-order valence-electron chi connectivity index (χ1n) is 11.9. The molecule has 0 saturated carbocycles. The highest BCUT2D eigenvalue weighted by Crippen LogP contribution is 2.26. The van der Waals surface area contributed by atoms with E-state index < -0.39 is 21.7 Å². The van der Waals surface area contributed by atoms with E-state index in [2.05, 4.69) is 10.0 Å². The van der Waals surface area contributed by atoms with Crippen LogP contribution in [0.5, 0.6) is 5.75 Å². The number of aliphatic hydroxyl groups is 1. The highest BCUT2D eigenvalue weighted by molar-refractivity contribution is 7.89. The molecular formula is C28H34N2O5S. The van der Waals surface area contributed by atoms with Crippen molar-refractivity contribution in [2.24, 2.45) is 5.92 Å². The number of sulfonamides is 1. The molecule has 3 rings (SSSR count). The van der Waals surface area contributed by atoms with Crippen molar-refractivity contribution in [3.63, 3.8) is 0 Å². The zero-order valence-electron chi connectivity index (χ0n) is 21.1. The highest BCUT2D eigenvalue weighted by Gasteiger charge is 2.21. The molecule has 8 heteroatoms. The molecule has 0 radical (unpaired) electrons. The van der Waals surface area contributed by atoms with Gasteiger partial charge in [-0.25, -0.2) is 13.1 Å². The smallest absolute Gasteiger partial charge is 0.264 e. The summed E-state index contributed by atoms with van der Waals surface area (Å²) in [4.78, 5) is 12.5. The lowest BCUT2D eigenvalue weighted by Gasteiger charge is -2.25. The largest absolute Gasteiger partial charge is 0.492 e. The summed E-state index contributed by atoms with van der Waals surface area (Å²) in [5, 5.41) is 13.7. The maximum Gasteiger partial charge on any atom is 0.264 e. The Balaban J connectivity index is 1.65. The lowest BCUT2D eigenvalue weighted by molar-refractivity contribution is 0.0169. The molecule has 3 aromatic rings. The first kappa shape index (κ1) is 27.4. The molecule has 0 aliphatic rings. The van der Waals surface area contributed by atoms with Gasteiger partial charge in [0.25, 0.3) is 5.91 Å². The fourth-order valence-electron chi connectivity index (χ4n) is 3.90. The summed E-state index contributed by atoms with van der Waals surface area (Å²) < 4.78 is 30.9. The van der Waals surface area contributed by atoms with Gasteiger partial charge in [-0.2, -0.15) is 0 Å². The van der Waals surface area contributed by atoms with Crippen molar-refractivity contribution >= 4 is 15.9 Å². The summed E-state index contributed by atoms with van der Waals surface area (Å²) in [6.45, 7) is 6.64. The van der Waals surface area contributed by atoms with Crippen LogP contribution in [0.15, 0.2) is 72.8 Å². The maximum absolute atomic E-state index is 12.5. The standard InChI is InChI=1S/C28H34N2O5S/c1-20(2)18-23-19-22(12-15-26(23)27(31)30-36(4,33)34)21-10-13-25(14-11-21)35-17-16-29-28(3,32)24-8-6-5-7-9-24/h5-15,19-20,29,32H,16-18H2,1-4H3,(H,30,31)/t28-/m0/s1. The minimum Gasteiger partial charge on any atom is -0.492 e. The number of ether oxygens (including phenoxy) is 1. The molecule has 0 unspecified atom stereocenters. The Morgan fingerprint density at radius 1 is 1.00 bits per heavy atom. The predicted molar refractivity (Wildman–Crippen MR) is 142 cm³/mol. The monoisotopic (exact) mass is 510 g/mol.